The Morgan fingerprint density at radius 2 is 2.04 bits per heavy atom. The minimum Gasteiger partial charge on any atom is -0.326 e. The molecule has 0 spiro atoms. The van der Waals surface area contributed by atoms with Crippen molar-refractivity contribution in [1.29, 1.82) is 0 Å². The van der Waals surface area contributed by atoms with Crippen molar-refractivity contribution < 1.29 is 4.79 Å². The number of hydrogen-bond donors (Lipinski definition) is 1. The van der Waals surface area contributed by atoms with E-state index < -0.39 is 0 Å². The van der Waals surface area contributed by atoms with Gasteiger partial charge in [-0.3, -0.25) is 14.8 Å². The summed E-state index contributed by atoms with van der Waals surface area (Å²) in [5, 5.41) is 11.9. The van der Waals surface area contributed by atoms with E-state index in [0.29, 0.717) is 18.8 Å². The molecule has 0 bridgehead atoms. The van der Waals surface area contributed by atoms with Crippen LogP contribution < -0.4 is 5.32 Å². The molecule has 1 amide bonds. The van der Waals surface area contributed by atoms with Gasteiger partial charge in [0.15, 0.2) is 5.69 Å². The number of rotatable bonds is 3. The van der Waals surface area contributed by atoms with Gasteiger partial charge in [0, 0.05) is 37.6 Å². The van der Waals surface area contributed by atoms with Crippen molar-refractivity contribution >= 4 is 5.91 Å². The molecule has 1 atom stereocenters. The first-order chi connectivity index (χ1) is 13.2. The summed E-state index contributed by atoms with van der Waals surface area (Å²) in [7, 11) is 0. The Kier molecular flexibility index (Phi) is 4.84. The van der Waals surface area contributed by atoms with Crippen LogP contribution in [-0.4, -0.2) is 50.6 Å². The van der Waals surface area contributed by atoms with E-state index >= 15 is 0 Å². The topological polar surface area (TPSA) is 83.9 Å². The van der Waals surface area contributed by atoms with Gasteiger partial charge in [0.2, 0.25) is 0 Å². The molecule has 0 aliphatic carbocycles. The van der Waals surface area contributed by atoms with Crippen molar-refractivity contribution in [2.75, 3.05) is 19.6 Å². The van der Waals surface area contributed by atoms with Crippen molar-refractivity contribution in [3.8, 4) is 11.3 Å². The van der Waals surface area contributed by atoms with Gasteiger partial charge in [0.05, 0.1) is 23.6 Å². The molecule has 1 unspecified atom stereocenters. The van der Waals surface area contributed by atoms with E-state index in [0.717, 1.165) is 29.1 Å². The molecule has 136 valence electrons. The molecule has 1 aliphatic heterocycles. The third-order valence-corrected chi connectivity index (χ3v) is 4.69. The molecular weight excluding hydrogens is 340 g/mol. The molecule has 0 radical (unpaired) electrons. The molecular formula is C20H20N6O. The normalized spacial score (nSPS) is 16.9. The van der Waals surface area contributed by atoms with Gasteiger partial charge in [-0.2, -0.15) is 0 Å². The highest BCUT2D eigenvalue weighted by Gasteiger charge is 2.31. The Bertz CT molecular complexity index is 932. The molecule has 27 heavy (non-hydrogen) atoms. The Labute approximate surface area is 157 Å². The molecule has 1 aliphatic rings. The number of carbonyl (C=O) groups excluding carboxylic acids is 1. The minimum atomic E-state index is -0.171. The first-order valence-corrected chi connectivity index (χ1v) is 8.91. The molecule has 0 saturated carbocycles. The van der Waals surface area contributed by atoms with Gasteiger partial charge in [0.1, 0.15) is 0 Å². The number of nitrogens with one attached hydrogen (secondary N) is 1. The maximum atomic E-state index is 13.2. The summed E-state index contributed by atoms with van der Waals surface area (Å²) in [6, 6.07) is 11.6. The summed E-state index contributed by atoms with van der Waals surface area (Å²) in [5.74, 6) is -0.128. The average Bonchev–Trinajstić information content (AvgIpc) is 2.74. The summed E-state index contributed by atoms with van der Waals surface area (Å²) in [4.78, 5) is 23.5. The molecule has 1 aromatic carbocycles. The fourth-order valence-electron chi connectivity index (χ4n) is 3.28. The predicted octanol–water partition coefficient (Wildman–Crippen LogP) is 2.03. The highest BCUT2D eigenvalue weighted by atomic mass is 16.2. The standard InChI is InChI=1S/C20H20N6O/c1-14-11-16(15-5-3-2-4-6-15)24-25-19(14)20(27)26-10-9-22-13-18(26)17-12-21-7-8-23-17/h2-8,11-12,18,22H,9-10,13H2,1H3. The monoisotopic (exact) mass is 360 g/mol. The fraction of sp³-hybridized carbons (Fsp3) is 0.250. The van der Waals surface area contributed by atoms with Crippen LogP contribution in [0.15, 0.2) is 55.0 Å². The molecule has 7 nitrogen and oxygen atoms in total. The molecule has 1 N–H and O–H groups in total. The lowest BCUT2D eigenvalue weighted by Crippen LogP contribution is -2.49. The van der Waals surface area contributed by atoms with E-state index in [4.69, 9.17) is 0 Å². The van der Waals surface area contributed by atoms with Crippen molar-refractivity contribution in [1.82, 2.24) is 30.4 Å². The second-order valence-corrected chi connectivity index (χ2v) is 6.48. The van der Waals surface area contributed by atoms with Gasteiger partial charge in [-0.15, -0.1) is 10.2 Å². The van der Waals surface area contributed by atoms with E-state index in [2.05, 4.69) is 25.5 Å². The zero-order chi connectivity index (χ0) is 18.6. The number of piperazine rings is 1. The second kappa shape index (κ2) is 7.59. The van der Waals surface area contributed by atoms with Gasteiger partial charge >= 0.3 is 0 Å². The Morgan fingerprint density at radius 3 is 2.78 bits per heavy atom. The van der Waals surface area contributed by atoms with Crippen LogP contribution in [0.4, 0.5) is 0 Å². The number of aromatic nitrogens is 4. The molecule has 3 aromatic rings. The largest absolute Gasteiger partial charge is 0.326 e. The van der Waals surface area contributed by atoms with Crippen LogP contribution in [0.5, 0.6) is 0 Å². The van der Waals surface area contributed by atoms with E-state index in [1.165, 1.54) is 0 Å². The zero-order valence-electron chi connectivity index (χ0n) is 15.0. The lowest BCUT2D eigenvalue weighted by molar-refractivity contribution is 0.0621. The van der Waals surface area contributed by atoms with Crippen LogP contribution in [0.3, 0.4) is 0 Å². The summed E-state index contributed by atoms with van der Waals surface area (Å²) in [5.41, 5.74) is 3.70. The summed E-state index contributed by atoms with van der Waals surface area (Å²) < 4.78 is 0. The van der Waals surface area contributed by atoms with Crippen LogP contribution in [0.25, 0.3) is 11.3 Å². The predicted molar refractivity (Wildman–Crippen MR) is 101 cm³/mol. The number of nitrogens with zero attached hydrogens (tertiary/aromatic N) is 5. The van der Waals surface area contributed by atoms with Crippen molar-refractivity contribution in [3.63, 3.8) is 0 Å². The third-order valence-electron chi connectivity index (χ3n) is 4.69. The number of benzene rings is 1. The summed E-state index contributed by atoms with van der Waals surface area (Å²) in [6.45, 7) is 3.85. The Morgan fingerprint density at radius 1 is 1.19 bits per heavy atom. The lowest BCUT2D eigenvalue weighted by Gasteiger charge is -2.35. The fourth-order valence-corrected chi connectivity index (χ4v) is 3.28. The number of amides is 1. The van der Waals surface area contributed by atoms with Crippen LogP contribution in [0, 0.1) is 6.92 Å². The van der Waals surface area contributed by atoms with E-state index in [1.807, 2.05) is 43.3 Å². The maximum Gasteiger partial charge on any atom is 0.275 e. The molecule has 2 aromatic heterocycles. The van der Waals surface area contributed by atoms with Gasteiger partial charge in [-0.1, -0.05) is 30.3 Å². The van der Waals surface area contributed by atoms with E-state index in [9.17, 15) is 4.79 Å². The second-order valence-electron chi connectivity index (χ2n) is 6.48. The van der Waals surface area contributed by atoms with E-state index in [-0.39, 0.29) is 11.9 Å². The number of aryl methyl sites for hydroxylation is 1. The molecule has 7 heteroatoms. The lowest BCUT2D eigenvalue weighted by atomic mass is 10.1. The van der Waals surface area contributed by atoms with Gasteiger partial charge < -0.3 is 10.2 Å². The molecule has 1 fully saturated rings. The van der Waals surface area contributed by atoms with Gasteiger partial charge in [-0.25, -0.2) is 0 Å². The quantitative estimate of drug-likeness (QED) is 0.769. The van der Waals surface area contributed by atoms with Crippen molar-refractivity contribution in [3.05, 3.63) is 71.9 Å². The average molecular weight is 360 g/mol. The Hall–Kier alpha value is -3.19. The molecule has 3 heterocycles. The minimum absolute atomic E-state index is 0.128. The maximum absolute atomic E-state index is 13.2. The van der Waals surface area contributed by atoms with Crippen LogP contribution in [0.1, 0.15) is 27.8 Å². The van der Waals surface area contributed by atoms with Crippen LogP contribution >= 0.6 is 0 Å². The zero-order valence-corrected chi connectivity index (χ0v) is 15.0. The highest BCUT2D eigenvalue weighted by molar-refractivity contribution is 5.94. The Balaban J connectivity index is 1.63. The first kappa shape index (κ1) is 17.2. The third kappa shape index (κ3) is 3.54. The van der Waals surface area contributed by atoms with Gasteiger partial charge in [0.25, 0.3) is 5.91 Å². The van der Waals surface area contributed by atoms with Crippen LogP contribution in [0.2, 0.25) is 0 Å². The van der Waals surface area contributed by atoms with E-state index in [1.54, 1.807) is 23.5 Å². The SMILES string of the molecule is Cc1cc(-c2ccccc2)nnc1C(=O)N1CCNCC1c1cnccn1. The van der Waals surface area contributed by atoms with Crippen LogP contribution in [-0.2, 0) is 0 Å². The molecule has 4 rings (SSSR count). The first-order valence-electron chi connectivity index (χ1n) is 8.91. The summed E-state index contributed by atoms with van der Waals surface area (Å²) >= 11 is 0. The van der Waals surface area contributed by atoms with Crippen molar-refractivity contribution in [2.24, 2.45) is 0 Å². The molecule has 1 saturated heterocycles. The van der Waals surface area contributed by atoms with Gasteiger partial charge in [-0.05, 0) is 18.6 Å². The number of carbonyl (C=O) groups is 1. The smallest absolute Gasteiger partial charge is 0.275 e. The van der Waals surface area contributed by atoms with Crippen molar-refractivity contribution in [2.45, 2.75) is 13.0 Å². The number of hydrogen-bond acceptors (Lipinski definition) is 6. The highest BCUT2D eigenvalue weighted by Crippen LogP contribution is 2.24. The summed E-state index contributed by atoms with van der Waals surface area (Å²) in [6.07, 6.45) is 4.98.